The van der Waals surface area contributed by atoms with Gasteiger partial charge in [0.2, 0.25) is 0 Å². The minimum absolute atomic E-state index is 0.351. The number of rotatable bonds is 4. The molecule has 1 aliphatic carbocycles. The van der Waals surface area contributed by atoms with Gasteiger partial charge < -0.3 is 9.47 Å². The van der Waals surface area contributed by atoms with Crippen molar-refractivity contribution in [2.75, 3.05) is 13.7 Å². The van der Waals surface area contributed by atoms with Crippen molar-refractivity contribution in [3.05, 3.63) is 65.7 Å². The molecule has 1 fully saturated rings. The second kappa shape index (κ2) is 6.40. The van der Waals surface area contributed by atoms with E-state index in [0.29, 0.717) is 18.6 Å². The van der Waals surface area contributed by atoms with E-state index in [1.807, 2.05) is 51.1 Å². The first-order chi connectivity index (χ1) is 9.61. The van der Waals surface area contributed by atoms with Gasteiger partial charge in [0.1, 0.15) is 12.0 Å². The van der Waals surface area contributed by atoms with Crippen LogP contribution in [0.3, 0.4) is 0 Å². The summed E-state index contributed by atoms with van der Waals surface area (Å²) in [6.07, 6.45) is 0.626. The fourth-order valence-corrected chi connectivity index (χ4v) is 2.43. The standard InChI is InChI=1S/C17H19O3/c1-5-20-16-14(13-9-7-6-8-10-13)11(2)12(3)15(16)17(18)19-4/h6-10H,5H2,1-4H3. The van der Waals surface area contributed by atoms with E-state index in [2.05, 4.69) is 0 Å². The van der Waals surface area contributed by atoms with Gasteiger partial charge in [-0.05, 0) is 18.4 Å². The van der Waals surface area contributed by atoms with Crippen molar-refractivity contribution >= 4 is 5.97 Å². The molecule has 0 aliphatic heterocycles. The summed E-state index contributed by atoms with van der Waals surface area (Å²) in [5.74, 6) is 3.13. The molecule has 5 radical (unpaired) electrons. The minimum Gasteiger partial charge on any atom is -0.468 e. The smallest absolute Gasteiger partial charge is 0.316 e. The summed E-state index contributed by atoms with van der Waals surface area (Å²) in [5, 5.41) is 0. The molecule has 0 aromatic heterocycles. The van der Waals surface area contributed by atoms with Crippen molar-refractivity contribution in [3.8, 4) is 0 Å². The molecule has 0 N–H and O–H groups in total. The highest BCUT2D eigenvalue weighted by atomic mass is 16.5. The minimum atomic E-state index is -0.351. The van der Waals surface area contributed by atoms with Gasteiger partial charge in [0, 0.05) is 18.4 Å². The normalized spacial score (nSPS) is 19.6. The van der Waals surface area contributed by atoms with Crippen LogP contribution in [-0.2, 0) is 14.3 Å². The van der Waals surface area contributed by atoms with Crippen molar-refractivity contribution in [1.29, 1.82) is 0 Å². The Kier molecular flexibility index (Phi) is 4.81. The van der Waals surface area contributed by atoms with Crippen molar-refractivity contribution in [3.63, 3.8) is 0 Å². The quantitative estimate of drug-likeness (QED) is 0.789. The molecule has 0 heterocycles. The van der Waals surface area contributed by atoms with E-state index >= 15 is 0 Å². The molecule has 0 atom stereocenters. The summed E-state index contributed by atoms with van der Waals surface area (Å²) < 4.78 is 10.6. The van der Waals surface area contributed by atoms with Crippen LogP contribution in [0.15, 0.2) is 30.3 Å². The Labute approximate surface area is 121 Å². The molecule has 1 saturated carbocycles. The number of hydrogen-bond donors (Lipinski definition) is 0. The predicted octanol–water partition coefficient (Wildman–Crippen LogP) is 3.13. The first kappa shape index (κ1) is 15.0. The van der Waals surface area contributed by atoms with Gasteiger partial charge in [0.05, 0.1) is 7.11 Å². The third-order valence-electron chi connectivity index (χ3n) is 3.51. The molecule has 0 unspecified atom stereocenters. The average molecular weight is 271 g/mol. The molecule has 0 spiro atoms. The number of carbonyl (C=O) groups excluding carboxylic acids is 1. The number of ether oxygens (including phenoxy) is 2. The molecule has 0 saturated heterocycles. The van der Waals surface area contributed by atoms with Crippen molar-refractivity contribution in [2.24, 2.45) is 0 Å². The summed E-state index contributed by atoms with van der Waals surface area (Å²) in [5.41, 5.74) is 1.05. The number of methoxy groups -OCH3 is 1. The number of hydrogen-bond acceptors (Lipinski definition) is 3. The van der Waals surface area contributed by atoms with E-state index in [0.717, 1.165) is 23.3 Å². The van der Waals surface area contributed by atoms with E-state index < -0.39 is 0 Å². The lowest BCUT2D eigenvalue weighted by atomic mass is 9.86. The zero-order valence-electron chi connectivity index (χ0n) is 12.3. The second-order valence-corrected chi connectivity index (χ2v) is 4.62. The van der Waals surface area contributed by atoms with Gasteiger partial charge in [-0.15, -0.1) is 0 Å². The molecule has 1 aliphatic rings. The molecule has 3 nitrogen and oxygen atoms in total. The first-order valence-corrected chi connectivity index (χ1v) is 6.68. The highest BCUT2D eigenvalue weighted by Crippen LogP contribution is 2.55. The van der Waals surface area contributed by atoms with Gasteiger partial charge in [-0.25, -0.2) is 0 Å². The summed E-state index contributed by atoms with van der Waals surface area (Å²) >= 11 is 0. The Bertz CT molecular complexity index is 443. The lowest BCUT2D eigenvalue weighted by Gasteiger charge is -2.22. The molecule has 105 valence electrons. The van der Waals surface area contributed by atoms with Gasteiger partial charge in [0.25, 0.3) is 0 Å². The molecule has 20 heavy (non-hydrogen) atoms. The van der Waals surface area contributed by atoms with Gasteiger partial charge in [0.15, 0.2) is 0 Å². The molecule has 1 aromatic rings. The van der Waals surface area contributed by atoms with Crippen LogP contribution in [-0.4, -0.2) is 19.7 Å². The van der Waals surface area contributed by atoms with E-state index in [-0.39, 0.29) is 5.97 Å². The molecule has 0 amide bonds. The van der Waals surface area contributed by atoms with Gasteiger partial charge in [-0.2, -0.15) is 0 Å². The molecule has 1 aromatic carbocycles. The molecular weight excluding hydrogens is 252 g/mol. The Morgan fingerprint density at radius 1 is 1.10 bits per heavy atom. The fraction of sp³-hybridized carbons (Fsp3) is 0.294. The number of esters is 1. The zero-order valence-corrected chi connectivity index (χ0v) is 12.3. The highest BCUT2D eigenvalue weighted by molar-refractivity contribution is 5.97. The molecule has 2 rings (SSSR count). The van der Waals surface area contributed by atoms with Crippen LogP contribution in [0.2, 0.25) is 0 Å². The average Bonchev–Trinajstić information content (AvgIpc) is 2.71. The summed E-state index contributed by atoms with van der Waals surface area (Å²) in [6.45, 7) is 6.35. The van der Waals surface area contributed by atoms with Gasteiger partial charge in [-0.1, -0.05) is 44.2 Å². The SMILES string of the molecule is CCO[C]1[C](C(=O)OC)[C](C)[C](C)[C]1c1ccccc1. The van der Waals surface area contributed by atoms with E-state index in [1.54, 1.807) is 0 Å². The van der Waals surface area contributed by atoms with Crippen LogP contribution in [0.25, 0.3) is 0 Å². The van der Waals surface area contributed by atoms with Crippen molar-refractivity contribution < 1.29 is 14.3 Å². The molecular formula is C17H19O3. The fourth-order valence-electron chi connectivity index (χ4n) is 2.43. The lowest BCUT2D eigenvalue weighted by Crippen LogP contribution is -2.24. The van der Waals surface area contributed by atoms with Crippen molar-refractivity contribution in [1.82, 2.24) is 0 Å². The monoisotopic (exact) mass is 271 g/mol. The maximum atomic E-state index is 12.0. The summed E-state index contributed by atoms with van der Waals surface area (Å²) in [4.78, 5) is 12.0. The summed E-state index contributed by atoms with van der Waals surface area (Å²) in [7, 11) is 1.39. The van der Waals surface area contributed by atoms with Crippen LogP contribution in [0.1, 0.15) is 26.3 Å². The Hall–Kier alpha value is -1.35. The third-order valence-corrected chi connectivity index (χ3v) is 3.51. The van der Waals surface area contributed by atoms with E-state index in [9.17, 15) is 4.79 Å². The van der Waals surface area contributed by atoms with E-state index in [1.165, 1.54) is 7.11 Å². The van der Waals surface area contributed by atoms with Gasteiger partial charge in [-0.3, -0.25) is 4.79 Å². The number of carbonyl (C=O) groups is 1. The Morgan fingerprint density at radius 2 is 1.75 bits per heavy atom. The second-order valence-electron chi connectivity index (χ2n) is 4.62. The lowest BCUT2D eigenvalue weighted by molar-refractivity contribution is -0.138. The van der Waals surface area contributed by atoms with Crippen LogP contribution >= 0.6 is 0 Å². The van der Waals surface area contributed by atoms with E-state index in [4.69, 9.17) is 9.47 Å². The Balaban J connectivity index is 2.37. The topological polar surface area (TPSA) is 35.5 Å². The largest absolute Gasteiger partial charge is 0.468 e. The maximum absolute atomic E-state index is 12.0. The van der Waals surface area contributed by atoms with Gasteiger partial charge >= 0.3 is 5.97 Å². The van der Waals surface area contributed by atoms with Crippen LogP contribution in [0, 0.1) is 29.8 Å². The summed E-state index contributed by atoms with van der Waals surface area (Å²) in [6, 6.07) is 9.96. The van der Waals surface area contributed by atoms with Crippen LogP contribution in [0.5, 0.6) is 0 Å². The third kappa shape index (κ3) is 2.59. The Morgan fingerprint density at radius 3 is 2.30 bits per heavy atom. The number of benzene rings is 1. The molecule has 3 heteroatoms. The maximum Gasteiger partial charge on any atom is 0.316 e. The zero-order chi connectivity index (χ0) is 14.7. The molecule has 0 bridgehead atoms. The highest BCUT2D eigenvalue weighted by Gasteiger charge is 2.54. The van der Waals surface area contributed by atoms with Crippen molar-refractivity contribution in [2.45, 2.75) is 20.8 Å². The van der Waals surface area contributed by atoms with Crippen LogP contribution in [0.4, 0.5) is 0 Å². The first-order valence-electron chi connectivity index (χ1n) is 6.68. The van der Waals surface area contributed by atoms with Crippen LogP contribution < -0.4 is 0 Å². The predicted molar refractivity (Wildman–Crippen MR) is 76.7 cm³/mol.